The minimum atomic E-state index is -0.324. The number of rotatable bonds is 5. The Labute approximate surface area is 156 Å². The number of carbonyl (C=O) groups excluding carboxylic acids is 1. The van der Waals surface area contributed by atoms with Gasteiger partial charge in [0.05, 0.1) is 18.7 Å². The summed E-state index contributed by atoms with van der Waals surface area (Å²) in [7, 11) is 0. The van der Waals surface area contributed by atoms with Crippen molar-refractivity contribution < 1.29 is 9.18 Å². The van der Waals surface area contributed by atoms with Gasteiger partial charge in [-0.2, -0.15) is 5.10 Å². The summed E-state index contributed by atoms with van der Waals surface area (Å²) in [5.41, 5.74) is 8.72. The highest BCUT2D eigenvalue weighted by Gasteiger charge is 2.31. The van der Waals surface area contributed by atoms with E-state index in [-0.39, 0.29) is 24.1 Å². The molecule has 3 heterocycles. The Morgan fingerprint density at radius 1 is 1.30 bits per heavy atom. The molecule has 3 aromatic rings. The Morgan fingerprint density at radius 3 is 2.96 bits per heavy atom. The molecule has 7 nitrogen and oxygen atoms in total. The van der Waals surface area contributed by atoms with E-state index >= 15 is 0 Å². The van der Waals surface area contributed by atoms with Crippen molar-refractivity contribution in [1.29, 1.82) is 0 Å². The Bertz CT molecular complexity index is 972. The van der Waals surface area contributed by atoms with E-state index in [4.69, 9.17) is 5.73 Å². The molecule has 0 saturated carbocycles. The Hall–Kier alpha value is -2.87. The zero-order chi connectivity index (χ0) is 18.8. The molecule has 1 amide bonds. The molecule has 1 atom stereocenters. The predicted molar refractivity (Wildman–Crippen MR) is 98.4 cm³/mol. The second-order valence-corrected chi connectivity index (χ2v) is 6.76. The van der Waals surface area contributed by atoms with Crippen molar-refractivity contribution in [1.82, 2.24) is 24.6 Å². The molecular formula is C19H21FN6O. The van der Waals surface area contributed by atoms with Gasteiger partial charge in [-0.3, -0.25) is 4.79 Å². The third-order valence-electron chi connectivity index (χ3n) is 4.91. The van der Waals surface area contributed by atoms with Crippen LogP contribution in [0.5, 0.6) is 0 Å². The Kier molecular flexibility index (Phi) is 4.81. The lowest BCUT2D eigenvalue weighted by Gasteiger charge is -2.16. The zero-order valence-electron chi connectivity index (χ0n) is 14.9. The van der Waals surface area contributed by atoms with Crippen LogP contribution in [0.15, 0.2) is 36.7 Å². The second-order valence-electron chi connectivity index (χ2n) is 6.76. The standard InChI is InChI=1S/C19H21FN6O/c20-15-3-1-2-13(10-15)11-16(27)25-8-4-14(12-25)17-18-19(23-7-6-22-18)26(24-17)9-5-21/h1-3,6-7,10,14H,4-5,8-9,11-12,21H2/t14-/m1/s1. The van der Waals surface area contributed by atoms with E-state index in [0.29, 0.717) is 31.7 Å². The van der Waals surface area contributed by atoms with E-state index < -0.39 is 0 Å². The molecule has 2 N–H and O–H groups in total. The van der Waals surface area contributed by atoms with Crippen molar-refractivity contribution >= 4 is 17.1 Å². The summed E-state index contributed by atoms with van der Waals surface area (Å²) in [6.45, 7) is 2.28. The number of likely N-dealkylation sites (tertiary alicyclic amines) is 1. The van der Waals surface area contributed by atoms with E-state index in [1.54, 1.807) is 29.2 Å². The van der Waals surface area contributed by atoms with Gasteiger partial charge < -0.3 is 10.6 Å². The molecule has 0 spiro atoms. The summed E-state index contributed by atoms with van der Waals surface area (Å²) in [4.78, 5) is 23.2. The first-order chi connectivity index (χ1) is 13.2. The fourth-order valence-electron chi connectivity index (χ4n) is 3.62. The number of hydrogen-bond acceptors (Lipinski definition) is 5. The molecule has 0 unspecified atom stereocenters. The van der Waals surface area contributed by atoms with Crippen molar-refractivity contribution in [2.24, 2.45) is 5.73 Å². The van der Waals surface area contributed by atoms with Crippen LogP contribution in [-0.2, 0) is 17.8 Å². The fraction of sp³-hybridized carbons (Fsp3) is 0.368. The van der Waals surface area contributed by atoms with Crippen molar-refractivity contribution in [3.63, 3.8) is 0 Å². The molecule has 8 heteroatoms. The Morgan fingerprint density at radius 2 is 2.15 bits per heavy atom. The Balaban J connectivity index is 1.51. The minimum Gasteiger partial charge on any atom is -0.342 e. The lowest BCUT2D eigenvalue weighted by Crippen LogP contribution is -2.30. The molecule has 1 aliphatic rings. The van der Waals surface area contributed by atoms with Crippen LogP contribution >= 0.6 is 0 Å². The average Bonchev–Trinajstić information content (AvgIpc) is 3.28. The first kappa shape index (κ1) is 17.5. The number of nitrogens with two attached hydrogens (primary N) is 1. The lowest BCUT2D eigenvalue weighted by atomic mass is 10.0. The normalized spacial score (nSPS) is 17.0. The summed E-state index contributed by atoms with van der Waals surface area (Å²) in [6, 6.07) is 6.18. The van der Waals surface area contributed by atoms with E-state index in [1.165, 1.54) is 12.1 Å². The third kappa shape index (κ3) is 3.52. The second kappa shape index (κ2) is 7.40. The van der Waals surface area contributed by atoms with E-state index in [2.05, 4.69) is 15.1 Å². The largest absolute Gasteiger partial charge is 0.342 e. The van der Waals surface area contributed by atoms with Crippen molar-refractivity contribution in [3.8, 4) is 0 Å². The number of halogens is 1. The molecule has 140 valence electrons. The van der Waals surface area contributed by atoms with Crippen LogP contribution in [0.3, 0.4) is 0 Å². The van der Waals surface area contributed by atoms with Crippen LogP contribution in [0.25, 0.3) is 11.2 Å². The van der Waals surface area contributed by atoms with Crippen molar-refractivity contribution in [2.75, 3.05) is 19.6 Å². The first-order valence-corrected chi connectivity index (χ1v) is 9.05. The highest BCUT2D eigenvalue weighted by atomic mass is 19.1. The first-order valence-electron chi connectivity index (χ1n) is 9.05. The quantitative estimate of drug-likeness (QED) is 0.737. The summed E-state index contributed by atoms with van der Waals surface area (Å²) in [5, 5.41) is 4.67. The molecule has 1 saturated heterocycles. The summed E-state index contributed by atoms with van der Waals surface area (Å²) >= 11 is 0. The predicted octanol–water partition coefficient (Wildman–Crippen LogP) is 1.48. The molecule has 2 aromatic heterocycles. The SMILES string of the molecule is NCCn1nc([C@@H]2CCN(C(=O)Cc3cccc(F)c3)C2)c2nccnc21. The van der Waals surface area contributed by atoms with Crippen molar-refractivity contribution in [2.45, 2.75) is 25.3 Å². The number of benzene rings is 1. The topological polar surface area (TPSA) is 89.9 Å². The monoisotopic (exact) mass is 368 g/mol. The molecule has 27 heavy (non-hydrogen) atoms. The smallest absolute Gasteiger partial charge is 0.227 e. The molecule has 4 rings (SSSR count). The minimum absolute atomic E-state index is 0.000111. The van der Waals surface area contributed by atoms with Gasteiger partial charge in [-0.25, -0.2) is 19.0 Å². The van der Waals surface area contributed by atoms with Gasteiger partial charge in [0.25, 0.3) is 0 Å². The fourth-order valence-corrected chi connectivity index (χ4v) is 3.62. The number of fused-ring (bicyclic) bond motifs is 1. The molecule has 0 bridgehead atoms. The van der Waals surface area contributed by atoms with E-state index in [9.17, 15) is 9.18 Å². The van der Waals surface area contributed by atoms with E-state index in [0.717, 1.165) is 23.3 Å². The van der Waals surface area contributed by atoms with Crippen LogP contribution in [-0.4, -0.2) is 50.2 Å². The third-order valence-corrected chi connectivity index (χ3v) is 4.91. The van der Waals surface area contributed by atoms with Gasteiger partial charge in [0.2, 0.25) is 5.91 Å². The van der Waals surface area contributed by atoms with Crippen LogP contribution in [0.1, 0.15) is 23.6 Å². The maximum atomic E-state index is 13.3. The highest BCUT2D eigenvalue weighted by Crippen LogP contribution is 2.30. The van der Waals surface area contributed by atoms with E-state index in [1.807, 2.05) is 4.90 Å². The van der Waals surface area contributed by atoms with Crippen LogP contribution in [0, 0.1) is 5.82 Å². The maximum absolute atomic E-state index is 13.3. The number of carbonyl (C=O) groups is 1. The summed E-state index contributed by atoms with van der Waals surface area (Å²) < 4.78 is 15.1. The van der Waals surface area contributed by atoms with Crippen LogP contribution in [0.4, 0.5) is 4.39 Å². The average molecular weight is 368 g/mol. The van der Waals surface area contributed by atoms with Gasteiger partial charge >= 0.3 is 0 Å². The lowest BCUT2D eigenvalue weighted by molar-refractivity contribution is -0.129. The van der Waals surface area contributed by atoms with Gasteiger partial charge in [0.15, 0.2) is 5.65 Å². The van der Waals surface area contributed by atoms with Gasteiger partial charge in [0.1, 0.15) is 11.3 Å². The summed E-state index contributed by atoms with van der Waals surface area (Å²) in [6.07, 6.45) is 4.32. The molecule has 0 radical (unpaired) electrons. The molecule has 1 fully saturated rings. The number of nitrogens with zero attached hydrogens (tertiary/aromatic N) is 5. The molecule has 0 aliphatic carbocycles. The molecular weight excluding hydrogens is 347 g/mol. The van der Waals surface area contributed by atoms with Gasteiger partial charge in [0, 0.05) is 37.9 Å². The zero-order valence-corrected chi connectivity index (χ0v) is 14.9. The van der Waals surface area contributed by atoms with Gasteiger partial charge in [-0.1, -0.05) is 12.1 Å². The maximum Gasteiger partial charge on any atom is 0.227 e. The van der Waals surface area contributed by atoms with Gasteiger partial charge in [-0.05, 0) is 24.1 Å². The molecule has 1 aliphatic heterocycles. The summed E-state index contributed by atoms with van der Waals surface area (Å²) in [5.74, 6) is -0.213. The highest BCUT2D eigenvalue weighted by molar-refractivity contribution is 5.79. The van der Waals surface area contributed by atoms with Crippen molar-refractivity contribution in [3.05, 3.63) is 53.7 Å². The van der Waals surface area contributed by atoms with Gasteiger partial charge in [-0.15, -0.1) is 0 Å². The van der Waals surface area contributed by atoms with Crippen LogP contribution in [0.2, 0.25) is 0 Å². The number of aromatic nitrogens is 4. The molecule has 1 aromatic carbocycles. The number of hydrogen-bond donors (Lipinski definition) is 1. The number of amides is 1. The van der Waals surface area contributed by atoms with Crippen LogP contribution < -0.4 is 5.73 Å².